The van der Waals surface area contributed by atoms with Crippen LogP contribution in [0.2, 0.25) is 5.02 Å². The van der Waals surface area contributed by atoms with E-state index in [1.807, 2.05) is 12.1 Å². The number of carboxylic acid groups (broad SMARTS) is 1. The van der Waals surface area contributed by atoms with Gasteiger partial charge in [-0.15, -0.1) is 0 Å². The summed E-state index contributed by atoms with van der Waals surface area (Å²) in [6.45, 7) is 5.51. The van der Waals surface area contributed by atoms with Gasteiger partial charge in [0.25, 0.3) is 0 Å². The van der Waals surface area contributed by atoms with E-state index in [1.165, 1.54) is 4.90 Å². The van der Waals surface area contributed by atoms with Crippen molar-refractivity contribution in [1.82, 2.24) is 9.21 Å². The molecule has 0 saturated carbocycles. The molecule has 27 heavy (non-hydrogen) atoms. The van der Waals surface area contributed by atoms with E-state index in [4.69, 9.17) is 21.4 Å². The molecule has 144 valence electrons. The van der Waals surface area contributed by atoms with Gasteiger partial charge in [-0.3, -0.25) is 4.90 Å². The summed E-state index contributed by atoms with van der Waals surface area (Å²) in [5, 5.41) is 9.51. The van der Waals surface area contributed by atoms with E-state index < -0.39 is 5.97 Å². The highest BCUT2D eigenvalue weighted by Crippen LogP contribution is 2.33. The normalized spacial score (nSPS) is 16.8. The molecule has 3 rings (SSSR count). The van der Waals surface area contributed by atoms with Crippen LogP contribution in [0.1, 0.15) is 18.5 Å². The van der Waals surface area contributed by atoms with Crippen LogP contribution in [0, 0.1) is 0 Å². The van der Waals surface area contributed by atoms with Crippen molar-refractivity contribution >= 4 is 29.5 Å². The van der Waals surface area contributed by atoms with Gasteiger partial charge in [0.05, 0.1) is 0 Å². The Kier molecular flexibility index (Phi) is 7.01. The van der Waals surface area contributed by atoms with Crippen molar-refractivity contribution in [3.8, 4) is 5.75 Å². The second-order valence-corrected chi connectivity index (χ2v) is 8.02. The molecular formula is C20H23ClN2O3S. The zero-order chi connectivity index (χ0) is 19.2. The minimum Gasteiger partial charge on any atom is -0.482 e. The molecule has 1 aliphatic heterocycles. The van der Waals surface area contributed by atoms with E-state index in [9.17, 15) is 4.79 Å². The molecule has 1 aliphatic rings. The maximum absolute atomic E-state index is 10.8. The summed E-state index contributed by atoms with van der Waals surface area (Å²) in [5.41, 5.74) is 0.924. The van der Waals surface area contributed by atoms with E-state index in [1.54, 1.807) is 24.1 Å². The lowest BCUT2D eigenvalue weighted by Crippen LogP contribution is -2.44. The minimum absolute atomic E-state index is 0.0939. The SMILES string of the molecule is CC(c1cc(Cl)ccc1OCC(=O)O)N1CCN(Sc2ccccc2)CC1. The minimum atomic E-state index is -0.991. The molecule has 2 aromatic carbocycles. The second kappa shape index (κ2) is 9.46. The number of piperazine rings is 1. The summed E-state index contributed by atoms with van der Waals surface area (Å²) in [7, 11) is 0. The van der Waals surface area contributed by atoms with Crippen LogP contribution in [0.25, 0.3) is 0 Å². The number of ether oxygens (including phenoxy) is 1. The third-order valence-corrected chi connectivity index (χ3v) is 5.91. The van der Waals surface area contributed by atoms with Crippen molar-refractivity contribution < 1.29 is 14.6 Å². The molecule has 1 atom stereocenters. The molecule has 1 N–H and O–H groups in total. The maximum Gasteiger partial charge on any atom is 0.341 e. The van der Waals surface area contributed by atoms with Gasteiger partial charge in [0, 0.05) is 47.7 Å². The molecule has 1 heterocycles. The summed E-state index contributed by atoms with van der Waals surface area (Å²) in [5.74, 6) is -0.412. The van der Waals surface area contributed by atoms with Gasteiger partial charge in [0.2, 0.25) is 0 Å². The largest absolute Gasteiger partial charge is 0.482 e. The van der Waals surface area contributed by atoms with E-state index in [2.05, 4.69) is 40.4 Å². The fourth-order valence-electron chi connectivity index (χ4n) is 3.13. The Hall–Kier alpha value is -1.73. The number of carboxylic acids is 1. The van der Waals surface area contributed by atoms with Gasteiger partial charge in [-0.05, 0) is 49.2 Å². The van der Waals surface area contributed by atoms with Gasteiger partial charge in [-0.2, -0.15) is 0 Å². The Bertz CT molecular complexity index is 767. The monoisotopic (exact) mass is 406 g/mol. The molecule has 2 aromatic rings. The van der Waals surface area contributed by atoms with Gasteiger partial charge in [-0.25, -0.2) is 9.10 Å². The number of carbonyl (C=O) groups is 1. The van der Waals surface area contributed by atoms with E-state index in [0.29, 0.717) is 10.8 Å². The van der Waals surface area contributed by atoms with Crippen LogP contribution in [0.4, 0.5) is 0 Å². The average molecular weight is 407 g/mol. The van der Waals surface area contributed by atoms with Crippen molar-refractivity contribution in [2.75, 3.05) is 32.8 Å². The molecule has 7 heteroatoms. The maximum atomic E-state index is 10.8. The summed E-state index contributed by atoms with van der Waals surface area (Å²) < 4.78 is 7.84. The molecule has 0 spiro atoms. The number of benzene rings is 2. The Labute approximate surface area is 169 Å². The van der Waals surface area contributed by atoms with Crippen molar-refractivity contribution in [3.63, 3.8) is 0 Å². The summed E-state index contributed by atoms with van der Waals surface area (Å²) in [6.07, 6.45) is 0. The summed E-state index contributed by atoms with van der Waals surface area (Å²) >= 11 is 7.96. The van der Waals surface area contributed by atoms with Crippen LogP contribution in [0.15, 0.2) is 53.4 Å². The lowest BCUT2D eigenvalue weighted by atomic mass is 10.0. The topological polar surface area (TPSA) is 53.0 Å². The van der Waals surface area contributed by atoms with Crippen LogP contribution in [-0.4, -0.2) is 53.1 Å². The average Bonchev–Trinajstić information content (AvgIpc) is 2.68. The van der Waals surface area contributed by atoms with Gasteiger partial charge in [0.1, 0.15) is 5.75 Å². The standard InChI is InChI=1S/C20H23ClN2O3S/c1-15(18-13-16(21)7-8-19(18)26-14-20(24)25)22-9-11-23(12-10-22)27-17-5-3-2-4-6-17/h2-8,13,15H,9-12,14H2,1H3,(H,24,25). The predicted molar refractivity (Wildman–Crippen MR) is 108 cm³/mol. The first kappa shape index (κ1) is 20.0. The van der Waals surface area contributed by atoms with E-state index >= 15 is 0 Å². The summed E-state index contributed by atoms with van der Waals surface area (Å²) in [4.78, 5) is 14.5. The van der Waals surface area contributed by atoms with E-state index in [-0.39, 0.29) is 12.6 Å². The number of halogens is 1. The molecule has 0 amide bonds. The molecule has 0 aliphatic carbocycles. The second-order valence-electron chi connectivity index (χ2n) is 6.41. The van der Waals surface area contributed by atoms with Crippen molar-refractivity contribution in [2.24, 2.45) is 0 Å². The Morgan fingerprint density at radius 3 is 2.56 bits per heavy atom. The van der Waals surface area contributed by atoms with Crippen LogP contribution >= 0.6 is 23.5 Å². The third-order valence-electron chi connectivity index (χ3n) is 4.57. The first-order valence-electron chi connectivity index (χ1n) is 8.89. The van der Waals surface area contributed by atoms with Crippen LogP contribution in [0.5, 0.6) is 5.75 Å². The molecule has 5 nitrogen and oxygen atoms in total. The first-order valence-corrected chi connectivity index (χ1v) is 10.0. The highest BCUT2D eigenvalue weighted by molar-refractivity contribution is 7.97. The van der Waals surface area contributed by atoms with Crippen molar-refractivity contribution in [1.29, 1.82) is 0 Å². The fraction of sp³-hybridized carbons (Fsp3) is 0.350. The quantitative estimate of drug-likeness (QED) is 0.696. The molecular weight excluding hydrogens is 384 g/mol. The van der Waals surface area contributed by atoms with Crippen LogP contribution in [-0.2, 0) is 4.79 Å². The zero-order valence-electron chi connectivity index (χ0n) is 15.2. The molecule has 0 bridgehead atoms. The van der Waals surface area contributed by atoms with Gasteiger partial charge in [0.15, 0.2) is 6.61 Å². The summed E-state index contributed by atoms with van der Waals surface area (Å²) in [6, 6.07) is 15.8. The van der Waals surface area contributed by atoms with Crippen molar-refractivity contribution in [3.05, 3.63) is 59.1 Å². The molecule has 1 saturated heterocycles. The Morgan fingerprint density at radius 2 is 1.89 bits per heavy atom. The van der Waals surface area contributed by atoms with Gasteiger partial charge >= 0.3 is 5.97 Å². The molecule has 0 radical (unpaired) electrons. The van der Waals surface area contributed by atoms with Crippen LogP contribution in [0.3, 0.4) is 0 Å². The Morgan fingerprint density at radius 1 is 1.19 bits per heavy atom. The van der Waals surface area contributed by atoms with Crippen LogP contribution < -0.4 is 4.74 Å². The smallest absolute Gasteiger partial charge is 0.341 e. The van der Waals surface area contributed by atoms with Gasteiger partial charge < -0.3 is 9.84 Å². The zero-order valence-corrected chi connectivity index (χ0v) is 16.7. The predicted octanol–water partition coefficient (Wildman–Crippen LogP) is 4.19. The third kappa shape index (κ3) is 5.62. The number of rotatable bonds is 7. The fourth-order valence-corrected chi connectivity index (χ4v) is 4.23. The number of nitrogens with zero attached hydrogens (tertiary/aromatic N) is 2. The van der Waals surface area contributed by atoms with Gasteiger partial charge in [-0.1, -0.05) is 29.8 Å². The number of hydrogen-bond acceptors (Lipinski definition) is 5. The first-order chi connectivity index (χ1) is 13.0. The van der Waals surface area contributed by atoms with E-state index in [0.717, 1.165) is 31.7 Å². The van der Waals surface area contributed by atoms with Crippen molar-refractivity contribution in [2.45, 2.75) is 17.9 Å². The lowest BCUT2D eigenvalue weighted by Gasteiger charge is -2.38. The highest BCUT2D eigenvalue weighted by atomic mass is 35.5. The number of hydrogen-bond donors (Lipinski definition) is 1. The highest BCUT2D eigenvalue weighted by Gasteiger charge is 2.25. The lowest BCUT2D eigenvalue weighted by molar-refractivity contribution is -0.139. The molecule has 1 fully saturated rings. The molecule has 1 unspecified atom stereocenters. The molecule has 0 aromatic heterocycles. The Balaban J connectivity index is 1.62. The number of aliphatic carboxylic acids is 1.